The summed E-state index contributed by atoms with van der Waals surface area (Å²) in [4.78, 5) is 12.2. The Bertz CT molecular complexity index is 953. The molecule has 0 aromatic heterocycles. The van der Waals surface area contributed by atoms with E-state index in [1.807, 2.05) is 43.3 Å². The zero-order valence-electron chi connectivity index (χ0n) is 17.8. The molecule has 2 aromatic rings. The number of carbonyl (C=O) groups excluding carboxylic acids is 1. The Balaban J connectivity index is 1.96. The summed E-state index contributed by atoms with van der Waals surface area (Å²) < 4.78 is 31.0. The molecule has 0 atom stereocenters. The first kappa shape index (κ1) is 23.4. The van der Waals surface area contributed by atoms with Crippen molar-refractivity contribution in [3.8, 4) is 5.75 Å². The number of nitrogens with one attached hydrogen (secondary N) is 1. The van der Waals surface area contributed by atoms with Gasteiger partial charge in [-0.15, -0.1) is 0 Å². The lowest BCUT2D eigenvalue weighted by atomic mass is 10.1. The highest BCUT2D eigenvalue weighted by atomic mass is 32.2. The largest absolute Gasteiger partial charge is 0.493 e. The topological polar surface area (TPSA) is 88.1 Å². The van der Waals surface area contributed by atoms with E-state index in [4.69, 9.17) is 4.74 Å². The van der Waals surface area contributed by atoms with Gasteiger partial charge in [0.05, 0.1) is 24.8 Å². The number of nitrogens with zero attached hydrogens (tertiary/aromatic N) is 2. The number of hydrogen-bond acceptors (Lipinski definition) is 5. The number of hydrazone groups is 1. The van der Waals surface area contributed by atoms with Crippen molar-refractivity contribution in [2.24, 2.45) is 11.0 Å². The van der Waals surface area contributed by atoms with Gasteiger partial charge in [-0.2, -0.15) is 5.10 Å². The average molecular weight is 432 g/mol. The highest BCUT2D eigenvalue weighted by Crippen LogP contribution is 2.18. The third kappa shape index (κ3) is 7.51. The number of anilines is 1. The maximum atomic E-state index is 12.2. The van der Waals surface area contributed by atoms with Crippen LogP contribution in [0.1, 0.15) is 31.9 Å². The first-order valence-electron chi connectivity index (χ1n) is 9.80. The Morgan fingerprint density at radius 1 is 1.13 bits per heavy atom. The molecule has 30 heavy (non-hydrogen) atoms. The Hall–Kier alpha value is -2.87. The molecule has 1 amide bonds. The minimum Gasteiger partial charge on any atom is -0.493 e. The third-order valence-electron chi connectivity index (χ3n) is 4.19. The third-order valence-corrected chi connectivity index (χ3v) is 5.33. The summed E-state index contributed by atoms with van der Waals surface area (Å²) in [6.07, 6.45) is 3.41. The molecule has 0 bridgehead atoms. The maximum Gasteiger partial charge on any atom is 0.260 e. The van der Waals surface area contributed by atoms with Crippen molar-refractivity contribution in [1.82, 2.24) is 5.43 Å². The minimum absolute atomic E-state index is 0.358. The summed E-state index contributed by atoms with van der Waals surface area (Å²) in [5, 5.41) is 3.91. The van der Waals surface area contributed by atoms with E-state index in [0.717, 1.165) is 33.9 Å². The Morgan fingerprint density at radius 3 is 2.30 bits per heavy atom. The molecule has 8 heteroatoms. The number of rotatable bonds is 10. The summed E-state index contributed by atoms with van der Waals surface area (Å²) in [6, 6.07) is 14.4. The lowest BCUT2D eigenvalue weighted by molar-refractivity contribution is -0.119. The van der Waals surface area contributed by atoms with Crippen molar-refractivity contribution in [3.63, 3.8) is 0 Å². The molecule has 0 radical (unpaired) electrons. The number of aryl methyl sites for hydroxylation is 1. The number of sulfonamides is 1. The van der Waals surface area contributed by atoms with Crippen LogP contribution in [0.4, 0.5) is 5.69 Å². The first-order valence-corrected chi connectivity index (χ1v) is 11.6. The highest BCUT2D eigenvalue weighted by Gasteiger charge is 2.20. The Labute approximate surface area is 178 Å². The molecule has 0 spiro atoms. The molecule has 1 N–H and O–H groups in total. The number of ether oxygens (including phenoxy) is 1. The molecule has 0 aliphatic heterocycles. The van der Waals surface area contributed by atoms with Crippen molar-refractivity contribution in [3.05, 3.63) is 59.7 Å². The van der Waals surface area contributed by atoms with Crippen molar-refractivity contribution >= 4 is 27.8 Å². The monoisotopic (exact) mass is 431 g/mol. The van der Waals surface area contributed by atoms with E-state index < -0.39 is 15.9 Å². The van der Waals surface area contributed by atoms with Gasteiger partial charge < -0.3 is 4.74 Å². The van der Waals surface area contributed by atoms with Gasteiger partial charge in [-0.25, -0.2) is 13.8 Å². The van der Waals surface area contributed by atoms with Gasteiger partial charge in [0.1, 0.15) is 12.3 Å². The average Bonchev–Trinajstić information content (AvgIpc) is 2.70. The van der Waals surface area contributed by atoms with Crippen LogP contribution in [-0.2, 0) is 21.2 Å². The van der Waals surface area contributed by atoms with E-state index in [9.17, 15) is 13.2 Å². The van der Waals surface area contributed by atoms with Gasteiger partial charge in [-0.05, 0) is 59.9 Å². The predicted octanol–water partition coefficient (Wildman–Crippen LogP) is 3.20. The van der Waals surface area contributed by atoms with Crippen LogP contribution in [0.5, 0.6) is 5.75 Å². The number of amides is 1. The minimum atomic E-state index is -3.62. The molecule has 2 rings (SSSR count). The van der Waals surface area contributed by atoms with Crippen LogP contribution in [0.25, 0.3) is 0 Å². The van der Waals surface area contributed by atoms with Gasteiger partial charge >= 0.3 is 0 Å². The molecule has 162 valence electrons. The number of benzene rings is 2. The lowest BCUT2D eigenvalue weighted by Crippen LogP contribution is -2.39. The second-order valence-corrected chi connectivity index (χ2v) is 9.26. The SMILES string of the molecule is CCc1ccc(N(CC(=O)N/N=C\c2ccc(OCC(C)C)cc2)S(C)(=O)=O)cc1. The summed E-state index contributed by atoms with van der Waals surface area (Å²) in [7, 11) is -3.62. The zero-order chi connectivity index (χ0) is 22.1. The van der Waals surface area contributed by atoms with E-state index in [1.54, 1.807) is 12.1 Å². The molecule has 0 fully saturated rings. The van der Waals surface area contributed by atoms with E-state index in [-0.39, 0.29) is 6.54 Å². The van der Waals surface area contributed by atoms with Gasteiger partial charge in [0.2, 0.25) is 10.0 Å². The molecule has 0 unspecified atom stereocenters. The highest BCUT2D eigenvalue weighted by molar-refractivity contribution is 7.92. The van der Waals surface area contributed by atoms with Crippen molar-refractivity contribution in [1.29, 1.82) is 0 Å². The maximum absolute atomic E-state index is 12.2. The fraction of sp³-hybridized carbons (Fsp3) is 0.364. The lowest BCUT2D eigenvalue weighted by Gasteiger charge is -2.21. The molecule has 0 aliphatic rings. The summed E-state index contributed by atoms with van der Waals surface area (Å²) in [6.45, 7) is 6.45. The number of hydrogen-bond donors (Lipinski definition) is 1. The van der Waals surface area contributed by atoms with Crippen LogP contribution in [0.15, 0.2) is 53.6 Å². The standard InChI is InChI=1S/C22H29N3O4S/c1-5-18-6-10-20(11-7-18)25(30(4,27)28)15-22(26)24-23-14-19-8-12-21(13-9-19)29-16-17(2)3/h6-14,17H,5,15-16H2,1-4H3,(H,24,26)/b23-14-. The van der Waals surface area contributed by atoms with Crippen LogP contribution in [-0.4, -0.2) is 39.9 Å². The van der Waals surface area contributed by atoms with Gasteiger partial charge in [-0.1, -0.05) is 32.9 Å². The van der Waals surface area contributed by atoms with E-state index in [1.165, 1.54) is 6.21 Å². The molecular weight excluding hydrogens is 402 g/mol. The normalized spacial score (nSPS) is 11.6. The van der Waals surface area contributed by atoms with Crippen LogP contribution < -0.4 is 14.5 Å². The van der Waals surface area contributed by atoms with Crippen LogP contribution in [0, 0.1) is 5.92 Å². The van der Waals surface area contributed by atoms with Gasteiger partial charge in [0.25, 0.3) is 5.91 Å². The van der Waals surface area contributed by atoms with Gasteiger partial charge in [0.15, 0.2) is 0 Å². The smallest absolute Gasteiger partial charge is 0.260 e. The molecular formula is C22H29N3O4S. The molecule has 0 saturated carbocycles. The van der Waals surface area contributed by atoms with E-state index in [2.05, 4.69) is 24.4 Å². The van der Waals surface area contributed by atoms with Crippen LogP contribution in [0.2, 0.25) is 0 Å². The second kappa shape index (κ2) is 10.8. The van der Waals surface area contributed by atoms with E-state index in [0.29, 0.717) is 18.2 Å². The number of carbonyl (C=O) groups is 1. The van der Waals surface area contributed by atoms with Gasteiger partial charge in [-0.3, -0.25) is 9.10 Å². The van der Waals surface area contributed by atoms with Gasteiger partial charge in [0, 0.05) is 0 Å². The summed E-state index contributed by atoms with van der Waals surface area (Å²) in [5.41, 5.74) is 4.67. The fourth-order valence-electron chi connectivity index (χ4n) is 2.56. The molecule has 0 heterocycles. The molecule has 7 nitrogen and oxygen atoms in total. The molecule has 2 aromatic carbocycles. The Morgan fingerprint density at radius 2 is 1.77 bits per heavy atom. The summed E-state index contributed by atoms with van der Waals surface area (Å²) >= 11 is 0. The van der Waals surface area contributed by atoms with Crippen molar-refractivity contribution in [2.45, 2.75) is 27.2 Å². The van der Waals surface area contributed by atoms with Crippen molar-refractivity contribution < 1.29 is 17.9 Å². The predicted molar refractivity (Wildman–Crippen MR) is 121 cm³/mol. The second-order valence-electron chi connectivity index (χ2n) is 7.36. The van der Waals surface area contributed by atoms with Crippen molar-refractivity contribution in [2.75, 3.05) is 23.7 Å². The Kier molecular flexibility index (Phi) is 8.41. The quantitative estimate of drug-likeness (QED) is 0.462. The van der Waals surface area contributed by atoms with Crippen LogP contribution in [0.3, 0.4) is 0 Å². The first-order chi connectivity index (χ1) is 14.2. The van der Waals surface area contributed by atoms with Crippen LogP contribution >= 0.6 is 0 Å². The molecule has 0 saturated heterocycles. The van der Waals surface area contributed by atoms with E-state index >= 15 is 0 Å². The fourth-order valence-corrected chi connectivity index (χ4v) is 3.41. The molecule has 0 aliphatic carbocycles. The summed E-state index contributed by atoms with van der Waals surface area (Å²) in [5.74, 6) is 0.674. The zero-order valence-corrected chi connectivity index (χ0v) is 18.6.